The van der Waals surface area contributed by atoms with Gasteiger partial charge >= 0.3 is 5.97 Å². The van der Waals surface area contributed by atoms with Gasteiger partial charge in [0, 0.05) is 12.5 Å². The topological polar surface area (TPSA) is 111 Å². The second kappa shape index (κ2) is 5.47. The molecular formula is C12H12N4O4. The van der Waals surface area contributed by atoms with Crippen LogP contribution < -0.4 is 0 Å². The zero-order valence-corrected chi connectivity index (χ0v) is 10.7. The van der Waals surface area contributed by atoms with Gasteiger partial charge in [-0.3, -0.25) is 14.9 Å². The third kappa shape index (κ3) is 2.79. The molecule has 1 N–H and O–H groups in total. The highest BCUT2D eigenvalue weighted by molar-refractivity contribution is 5.67. The van der Waals surface area contributed by atoms with Crippen molar-refractivity contribution in [2.45, 2.75) is 19.8 Å². The maximum absolute atomic E-state index is 11.0. The number of aryl methyl sites for hydroxylation is 2. The van der Waals surface area contributed by atoms with Crippen molar-refractivity contribution in [1.29, 1.82) is 0 Å². The first-order chi connectivity index (χ1) is 9.49. The Morgan fingerprint density at radius 1 is 1.50 bits per heavy atom. The number of hydrogen-bond acceptors (Lipinski definition) is 5. The summed E-state index contributed by atoms with van der Waals surface area (Å²) in [5.74, 6) is -0.929. The Balaban J connectivity index is 2.37. The average molecular weight is 276 g/mol. The van der Waals surface area contributed by atoms with Crippen LogP contribution in [0.2, 0.25) is 0 Å². The first-order valence-corrected chi connectivity index (χ1v) is 5.86. The molecule has 1 aromatic carbocycles. The van der Waals surface area contributed by atoms with Gasteiger partial charge in [0.1, 0.15) is 5.69 Å². The second-order valence-electron chi connectivity index (χ2n) is 4.25. The number of hydrogen-bond donors (Lipinski definition) is 1. The molecule has 0 radical (unpaired) electrons. The molecule has 1 heterocycles. The highest BCUT2D eigenvalue weighted by atomic mass is 16.6. The highest BCUT2D eigenvalue weighted by Gasteiger charge is 2.18. The van der Waals surface area contributed by atoms with Crippen LogP contribution in [0.25, 0.3) is 5.69 Å². The summed E-state index contributed by atoms with van der Waals surface area (Å²) in [6, 6.07) is 4.72. The first-order valence-electron chi connectivity index (χ1n) is 5.86. The van der Waals surface area contributed by atoms with Crippen LogP contribution in [-0.2, 0) is 11.2 Å². The quantitative estimate of drug-likeness (QED) is 0.654. The van der Waals surface area contributed by atoms with Crippen molar-refractivity contribution in [1.82, 2.24) is 15.0 Å². The zero-order valence-electron chi connectivity index (χ0n) is 10.7. The minimum absolute atomic E-state index is 0.0610. The van der Waals surface area contributed by atoms with Crippen molar-refractivity contribution < 1.29 is 14.8 Å². The van der Waals surface area contributed by atoms with Crippen molar-refractivity contribution in [3.05, 3.63) is 45.8 Å². The summed E-state index contributed by atoms with van der Waals surface area (Å²) in [5.41, 5.74) is 1.44. The van der Waals surface area contributed by atoms with Crippen molar-refractivity contribution in [3.8, 4) is 5.69 Å². The van der Waals surface area contributed by atoms with Gasteiger partial charge in [-0.1, -0.05) is 17.3 Å². The third-order valence-corrected chi connectivity index (χ3v) is 2.78. The predicted molar refractivity (Wildman–Crippen MR) is 68.7 cm³/mol. The number of benzene rings is 1. The molecular weight excluding hydrogens is 264 g/mol. The summed E-state index contributed by atoms with van der Waals surface area (Å²) in [7, 11) is 0. The van der Waals surface area contributed by atoms with E-state index in [-0.39, 0.29) is 18.5 Å². The SMILES string of the molecule is Cc1cccc([N+](=O)[O-])c1-n1cc(CCC(=O)O)nn1. The number of rotatable bonds is 5. The molecule has 0 aliphatic rings. The summed E-state index contributed by atoms with van der Waals surface area (Å²) < 4.78 is 1.31. The maximum Gasteiger partial charge on any atom is 0.303 e. The number of carboxylic acid groups (broad SMARTS) is 1. The van der Waals surface area contributed by atoms with E-state index in [1.807, 2.05) is 0 Å². The molecule has 0 spiro atoms. The lowest BCUT2D eigenvalue weighted by Crippen LogP contribution is -2.03. The minimum atomic E-state index is -0.929. The molecule has 0 saturated heterocycles. The van der Waals surface area contributed by atoms with Gasteiger partial charge in [0.15, 0.2) is 0 Å². The standard InChI is InChI=1S/C12H12N4O4/c1-8-3-2-4-10(16(19)20)12(8)15-7-9(13-14-15)5-6-11(17)18/h2-4,7H,5-6H2,1H3,(H,17,18). The smallest absolute Gasteiger partial charge is 0.303 e. The monoisotopic (exact) mass is 276 g/mol. The summed E-state index contributed by atoms with van der Waals surface area (Å²) >= 11 is 0. The second-order valence-corrected chi connectivity index (χ2v) is 4.25. The van der Waals surface area contributed by atoms with Gasteiger partial charge in [-0.15, -0.1) is 5.10 Å². The first kappa shape index (κ1) is 13.7. The van der Waals surface area contributed by atoms with Crippen LogP contribution in [0.4, 0.5) is 5.69 Å². The van der Waals surface area contributed by atoms with Gasteiger partial charge in [0.2, 0.25) is 0 Å². The average Bonchev–Trinajstić information content (AvgIpc) is 2.84. The van der Waals surface area contributed by atoms with Crippen LogP contribution >= 0.6 is 0 Å². The number of aromatic nitrogens is 3. The van der Waals surface area contributed by atoms with Crippen molar-refractivity contribution in [2.24, 2.45) is 0 Å². The Hall–Kier alpha value is -2.77. The summed E-state index contributed by atoms with van der Waals surface area (Å²) in [4.78, 5) is 21.1. The molecule has 1 aromatic heterocycles. The van der Waals surface area contributed by atoms with Crippen LogP contribution in [-0.4, -0.2) is 31.0 Å². The Bertz CT molecular complexity index is 665. The Kier molecular flexibility index (Phi) is 3.74. The number of nitro benzene ring substituents is 1. The van der Waals surface area contributed by atoms with E-state index in [4.69, 9.17) is 5.11 Å². The molecule has 0 unspecified atom stereocenters. The normalized spacial score (nSPS) is 10.4. The van der Waals surface area contributed by atoms with Crippen molar-refractivity contribution in [2.75, 3.05) is 0 Å². The van der Waals surface area contributed by atoms with E-state index in [1.54, 1.807) is 19.1 Å². The maximum atomic E-state index is 11.0. The molecule has 0 aliphatic carbocycles. The molecule has 2 rings (SSSR count). The Morgan fingerprint density at radius 3 is 2.90 bits per heavy atom. The largest absolute Gasteiger partial charge is 0.481 e. The van der Waals surface area contributed by atoms with E-state index in [0.29, 0.717) is 16.9 Å². The molecule has 8 nitrogen and oxygen atoms in total. The van der Waals surface area contributed by atoms with Crippen molar-refractivity contribution >= 4 is 11.7 Å². The number of carboxylic acids is 1. The predicted octanol–water partition coefficient (Wildman–Crippen LogP) is 1.50. The number of nitrogens with zero attached hydrogens (tertiary/aromatic N) is 4. The summed E-state index contributed by atoms with van der Waals surface area (Å²) in [5, 5.41) is 27.3. The molecule has 20 heavy (non-hydrogen) atoms. The fourth-order valence-corrected chi connectivity index (χ4v) is 1.85. The number of nitro groups is 1. The molecule has 0 atom stereocenters. The molecule has 0 aliphatic heterocycles. The van der Waals surface area contributed by atoms with Gasteiger partial charge < -0.3 is 5.11 Å². The molecule has 0 fully saturated rings. The molecule has 0 saturated carbocycles. The van der Waals surface area contributed by atoms with E-state index in [9.17, 15) is 14.9 Å². The van der Waals surface area contributed by atoms with Crippen LogP contribution in [0.1, 0.15) is 17.7 Å². The molecule has 2 aromatic rings. The van der Waals surface area contributed by atoms with Crippen LogP contribution in [0.5, 0.6) is 0 Å². The van der Waals surface area contributed by atoms with E-state index in [1.165, 1.54) is 16.9 Å². The number of aliphatic carboxylic acids is 1. The van der Waals surface area contributed by atoms with Gasteiger partial charge in [-0.05, 0) is 12.5 Å². The van der Waals surface area contributed by atoms with E-state index < -0.39 is 10.9 Å². The van der Waals surface area contributed by atoms with Gasteiger partial charge in [0.05, 0.1) is 23.2 Å². The van der Waals surface area contributed by atoms with Crippen LogP contribution in [0, 0.1) is 17.0 Å². The third-order valence-electron chi connectivity index (χ3n) is 2.78. The minimum Gasteiger partial charge on any atom is -0.481 e. The lowest BCUT2D eigenvalue weighted by molar-refractivity contribution is -0.384. The number of para-hydroxylation sites is 1. The molecule has 0 bridgehead atoms. The number of carbonyl (C=O) groups is 1. The van der Waals surface area contributed by atoms with E-state index in [2.05, 4.69) is 10.3 Å². The highest BCUT2D eigenvalue weighted by Crippen LogP contribution is 2.25. The molecule has 8 heteroatoms. The van der Waals surface area contributed by atoms with E-state index in [0.717, 1.165) is 0 Å². The molecule has 0 amide bonds. The fourth-order valence-electron chi connectivity index (χ4n) is 1.85. The van der Waals surface area contributed by atoms with Gasteiger partial charge in [-0.25, -0.2) is 4.68 Å². The summed E-state index contributed by atoms with van der Waals surface area (Å²) in [6.07, 6.45) is 1.68. The Labute approximate surface area is 113 Å². The lowest BCUT2D eigenvalue weighted by Gasteiger charge is -2.05. The van der Waals surface area contributed by atoms with Crippen LogP contribution in [0.15, 0.2) is 24.4 Å². The van der Waals surface area contributed by atoms with E-state index >= 15 is 0 Å². The van der Waals surface area contributed by atoms with Gasteiger partial charge in [-0.2, -0.15) is 0 Å². The Morgan fingerprint density at radius 2 is 2.25 bits per heavy atom. The zero-order chi connectivity index (χ0) is 14.7. The van der Waals surface area contributed by atoms with Gasteiger partial charge in [0.25, 0.3) is 5.69 Å². The van der Waals surface area contributed by atoms with Crippen molar-refractivity contribution in [3.63, 3.8) is 0 Å². The van der Waals surface area contributed by atoms with Crippen LogP contribution in [0.3, 0.4) is 0 Å². The lowest BCUT2D eigenvalue weighted by atomic mass is 10.1. The molecule has 104 valence electrons. The summed E-state index contributed by atoms with van der Waals surface area (Å²) in [6.45, 7) is 1.74. The fraction of sp³-hybridized carbons (Fsp3) is 0.250.